The summed E-state index contributed by atoms with van der Waals surface area (Å²) in [6, 6.07) is 3.77. The second kappa shape index (κ2) is 6.75. The number of anilines is 1. The Bertz CT molecular complexity index is 492. The number of rotatable bonds is 5. The van der Waals surface area contributed by atoms with E-state index in [-0.39, 0.29) is 6.42 Å². The maximum absolute atomic E-state index is 11.8. The van der Waals surface area contributed by atoms with Gasteiger partial charge in [-0.25, -0.2) is 0 Å². The highest BCUT2D eigenvalue weighted by atomic mass is 35.5. The van der Waals surface area contributed by atoms with Crippen molar-refractivity contribution in [3.63, 3.8) is 0 Å². The molecule has 2 N–H and O–H groups in total. The molecule has 0 heterocycles. The molecule has 1 aromatic rings. The largest absolute Gasteiger partial charge is 0.480 e. The molecule has 0 aliphatic heterocycles. The molecule has 104 valence electrons. The van der Waals surface area contributed by atoms with E-state index >= 15 is 0 Å². The van der Waals surface area contributed by atoms with Crippen LogP contribution in [-0.2, 0) is 9.59 Å². The number of carbonyl (C=O) groups is 2. The van der Waals surface area contributed by atoms with E-state index in [1.54, 1.807) is 26.2 Å². The monoisotopic (exact) mass is 304 g/mol. The predicted molar refractivity (Wildman–Crippen MR) is 74.8 cm³/mol. The van der Waals surface area contributed by atoms with Crippen LogP contribution in [0.4, 0.5) is 5.69 Å². The molecule has 1 amide bonds. The summed E-state index contributed by atoms with van der Waals surface area (Å²) >= 11 is 11.7. The van der Waals surface area contributed by atoms with Crippen molar-refractivity contribution in [3.05, 3.63) is 28.2 Å². The van der Waals surface area contributed by atoms with Gasteiger partial charge in [-0.3, -0.25) is 14.5 Å². The summed E-state index contributed by atoms with van der Waals surface area (Å²) in [4.78, 5) is 24.2. The third kappa shape index (κ3) is 4.70. The second-order valence-electron chi connectivity index (χ2n) is 4.19. The lowest BCUT2D eigenvalue weighted by Crippen LogP contribution is -2.38. The van der Waals surface area contributed by atoms with Crippen LogP contribution in [0.3, 0.4) is 0 Å². The van der Waals surface area contributed by atoms with Crippen molar-refractivity contribution in [1.82, 2.24) is 4.90 Å². The number of carboxylic acids is 1. The smallest absolute Gasteiger partial charge is 0.321 e. The van der Waals surface area contributed by atoms with E-state index in [1.807, 2.05) is 0 Å². The molecule has 19 heavy (non-hydrogen) atoms. The molecule has 0 spiro atoms. The number of hydrogen-bond acceptors (Lipinski definition) is 3. The van der Waals surface area contributed by atoms with Crippen molar-refractivity contribution >= 4 is 40.8 Å². The summed E-state index contributed by atoms with van der Waals surface area (Å²) < 4.78 is 0. The topological polar surface area (TPSA) is 69.6 Å². The fourth-order valence-electron chi connectivity index (χ4n) is 1.46. The summed E-state index contributed by atoms with van der Waals surface area (Å²) in [5, 5.41) is 12.3. The van der Waals surface area contributed by atoms with Crippen LogP contribution in [0.2, 0.25) is 10.0 Å². The average Bonchev–Trinajstić information content (AvgIpc) is 2.30. The van der Waals surface area contributed by atoms with Gasteiger partial charge in [-0.05, 0) is 32.3 Å². The van der Waals surface area contributed by atoms with Gasteiger partial charge in [-0.15, -0.1) is 0 Å². The van der Waals surface area contributed by atoms with Crippen molar-refractivity contribution in [2.45, 2.75) is 12.5 Å². The SMILES string of the molecule is CN(C)[C@@H](CC(=O)Nc1cc(Cl)ccc1Cl)C(=O)O. The van der Waals surface area contributed by atoms with Crippen molar-refractivity contribution in [3.8, 4) is 0 Å². The Morgan fingerprint density at radius 1 is 1.37 bits per heavy atom. The van der Waals surface area contributed by atoms with Crippen LogP contribution in [0, 0.1) is 0 Å². The Balaban J connectivity index is 2.74. The van der Waals surface area contributed by atoms with Crippen LogP contribution >= 0.6 is 23.2 Å². The molecular weight excluding hydrogens is 291 g/mol. The number of halogens is 2. The lowest BCUT2D eigenvalue weighted by Gasteiger charge is -2.19. The van der Waals surface area contributed by atoms with Gasteiger partial charge in [0.25, 0.3) is 0 Å². The van der Waals surface area contributed by atoms with Crippen LogP contribution in [0.25, 0.3) is 0 Å². The Hall–Kier alpha value is -1.30. The fraction of sp³-hybridized carbons (Fsp3) is 0.333. The maximum Gasteiger partial charge on any atom is 0.321 e. The molecule has 1 atom stereocenters. The molecule has 0 fully saturated rings. The van der Waals surface area contributed by atoms with E-state index in [2.05, 4.69) is 5.32 Å². The van der Waals surface area contributed by atoms with E-state index in [0.717, 1.165) is 0 Å². The molecule has 0 unspecified atom stereocenters. The minimum absolute atomic E-state index is 0.175. The molecule has 0 saturated carbocycles. The average molecular weight is 305 g/mol. The Morgan fingerprint density at radius 3 is 2.53 bits per heavy atom. The molecule has 5 nitrogen and oxygen atoms in total. The molecule has 0 saturated heterocycles. The zero-order valence-electron chi connectivity index (χ0n) is 10.5. The number of benzene rings is 1. The summed E-state index contributed by atoms with van der Waals surface area (Å²) in [5.74, 6) is -1.50. The standard InChI is InChI=1S/C12H14Cl2N2O3/c1-16(2)10(12(18)19)6-11(17)15-9-5-7(13)3-4-8(9)14/h3-5,10H,6H2,1-2H3,(H,15,17)(H,18,19)/t10-/m0/s1. The molecule has 0 radical (unpaired) electrons. The Morgan fingerprint density at radius 2 is 2.00 bits per heavy atom. The number of nitrogens with one attached hydrogen (secondary N) is 1. The van der Waals surface area contributed by atoms with Gasteiger partial charge in [0.15, 0.2) is 0 Å². The normalized spacial score (nSPS) is 12.3. The zero-order valence-corrected chi connectivity index (χ0v) is 12.0. The van der Waals surface area contributed by atoms with Crippen molar-refractivity contribution in [2.24, 2.45) is 0 Å². The molecule has 0 aliphatic rings. The number of amides is 1. The van der Waals surface area contributed by atoms with E-state index in [0.29, 0.717) is 15.7 Å². The number of nitrogens with zero attached hydrogens (tertiary/aromatic N) is 1. The highest BCUT2D eigenvalue weighted by molar-refractivity contribution is 6.35. The third-order valence-corrected chi connectivity index (χ3v) is 3.05. The van der Waals surface area contributed by atoms with E-state index < -0.39 is 17.9 Å². The first-order valence-corrected chi connectivity index (χ1v) is 6.21. The minimum atomic E-state index is -1.06. The predicted octanol–water partition coefficient (Wildman–Crippen LogP) is 2.34. The zero-order chi connectivity index (χ0) is 14.6. The first-order valence-electron chi connectivity index (χ1n) is 5.45. The van der Waals surface area contributed by atoms with Crippen molar-refractivity contribution in [1.29, 1.82) is 0 Å². The third-order valence-electron chi connectivity index (χ3n) is 2.49. The van der Waals surface area contributed by atoms with Crippen LogP contribution < -0.4 is 5.32 Å². The second-order valence-corrected chi connectivity index (χ2v) is 5.04. The lowest BCUT2D eigenvalue weighted by atomic mass is 10.2. The van der Waals surface area contributed by atoms with Gasteiger partial charge in [0, 0.05) is 5.02 Å². The van der Waals surface area contributed by atoms with Gasteiger partial charge in [0.2, 0.25) is 5.91 Å². The Kier molecular flexibility index (Phi) is 5.60. The lowest BCUT2D eigenvalue weighted by molar-refractivity contribution is -0.144. The van der Waals surface area contributed by atoms with E-state index in [1.165, 1.54) is 11.0 Å². The van der Waals surface area contributed by atoms with Gasteiger partial charge in [0.1, 0.15) is 6.04 Å². The number of hydrogen-bond donors (Lipinski definition) is 2. The summed E-state index contributed by atoms with van der Waals surface area (Å²) in [7, 11) is 3.19. The van der Waals surface area contributed by atoms with Gasteiger partial charge in [-0.2, -0.15) is 0 Å². The van der Waals surface area contributed by atoms with Gasteiger partial charge >= 0.3 is 5.97 Å². The van der Waals surface area contributed by atoms with Crippen LogP contribution in [-0.4, -0.2) is 42.0 Å². The van der Waals surface area contributed by atoms with E-state index in [9.17, 15) is 9.59 Å². The van der Waals surface area contributed by atoms with Crippen molar-refractivity contribution in [2.75, 3.05) is 19.4 Å². The number of carboxylic acid groups (broad SMARTS) is 1. The summed E-state index contributed by atoms with van der Waals surface area (Å²) in [6.07, 6.45) is -0.175. The highest BCUT2D eigenvalue weighted by Crippen LogP contribution is 2.25. The molecule has 0 bridgehead atoms. The molecule has 1 rings (SSSR count). The van der Waals surface area contributed by atoms with Crippen molar-refractivity contribution < 1.29 is 14.7 Å². The molecule has 0 aliphatic carbocycles. The number of aliphatic carboxylic acids is 1. The minimum Gasteiger partial charge on any atom is -0.480 e. The number of likely N-dealkylation sites (N-methyl/N-ethyl adjacent to an activating group) is 1. The van der Waals surface area contributed by atoms with Crippen LogP contribution in [0.1, 0.15) is 6.42 Å². The number of carbonyl (C=O) groups excluding carboxylic acids is 1. The van der Waals surface area contributed by atoms with Gasteiger partial charge in [-0.1, -0.05) is 23.2 Å². The van der Waals surface area contributed by atoms with Gasteiger partial charge in [0.05, 0.1) is 17.1 Å². The van der Waals surface area contributed by atoms with Crippen LogP contribution in [0.5, 0.6) is 0 Å². The highest BCUT2D eigenvalue weighted by Gasteiger charge is 2.23. The first kappa shape index (κ1) is 15.8. The summed E-state index contributed by atoms with van der Waals surface area (Å²) in [5.41, 5.74) is 0.363. The molecule has 0 aromatic heterocycles. The van der Waals surface area contributed by atoms with E-state index in [4.69, 9.17) is 28.3 Å². The molecule has 7 heteroatoms. The fourth-order valence-corrected chi connectivity index (χ4v) is 1.80. The quantitative estimate of drug-likeness (QED) is 0.876. The van der Waals surface area contributed by atoms with Crippen LogP contribution in [0.15, 0.2) is 18.2 Å². The van der Waals surface area contributed by atoms with Gasteiger partial charge < -0.3 is 10.4 Å². The molecule has 1 aromatic carbocycles. The first-order chi connectivity index (χ1) is 8.81. The molecular formula is C12H14Cl2N2O3. The Labute approximate surface area is 121 Å². The maximum atomic E-state index is 11.8. The summed E-state index contributed by atoms with van der Waals surface area (Å²) in [6.45, 7) is 0.